The number of halogens is 1. The van der Waals surface area contributed by atoms with Crippen LogP contribution in [0.5, 0.6) is 0 Å². The Morgan fingerprint density at radius 2 is 2.12 bits per heavy atom. The molecule has 0 atom stereocenters. The Morgan fingerprint density at radius 3 is 2.62 bits per heavy atom. The first kappa shape index (κ1) is 13.1. The largest absolute Gasteiger partial charge is 0.399 e. The summed E-state index contributed by atoms with van der Waals surface area (Å²) in [6.45, 7) is 10.8. The van der Waals surface area contributed by atoms with Crippen molar-refractivity contribution in [2.75, 3.05) is 18.8 Å². The second-order valence-electron chi connectivity index (χ2n) is 4.15. The second-order valence-corrected chi connectivity index (χ2v) is 4.59. The van der Waals surface area contributed by atoms with Crippen LogP contribution >= 0.6 is 11.6 Å². The van der Waals surface area contributed by atoms with Gasteiger partial charge in [0, 0.05) is 23.8 Å². The molecular formula is C13H19ClN2. The van der Waals surface area contributed by atoms with Gasteiger partial charge in [0.1, 0.15) is 0 Å². The molecule has 2 nitrogen and oxygen atoms in total. The fourth-order valence-corrected chi connectivity index (χ4v) is 1.95. The molecule has 0 aromatic heterocycles. The highest BCUT2D eigenvalue weighted by Gasteiger charge is 2.05. The zero-order valence-electron chi connectivity index (χ0n) is 9.96. The summed E-state index contributed by atoms with van der Waals surface area (Å²) in [5, 5.41) is 0.696. The third kappa shape index (κ3) is 4.25. The molecule has 16 heavy (non-hydrogen) atoms. The van der Waals surface area contributed by atoms with Gasteiger partial charge in [-0.2, -0.15) is 0 Å². The Labute approximate surface area is 103 Å². The highest BCUT2D eigenvalue weighted by molar-refractivity contribution is 6.30. The average molecular weight is 239 g/mol. The van der Waals surface area contributed by atoms with Gasteiger partial charge in [0.15, 0.2) is 0 Å². The minimum Gasteiger partial charge on any atom is -0.399 e. The van der Waals surface area contributed by atoms with Gasteiger partial charge >= 0.3 is 0 Å². The summed E-state index contributed by atoms with van der Waals surface area (Å²) >= 11 is 5.97. The van der Waals surface area contributed by atoms with Gasteiger partial charge in [-0.15, -0.1) is 0 Å². The Kier molecular flexibility index (Phi) is 4.84. The van der Waals surface area contributed by atoms with E-state index >= 15 is 0 Å². The van der Waals surface area contributed by atoms with Gasteiger partial charge in [0.25, 0.3) is 0 Å². The molecule has 0 saturated carbocycles. The zero-order valence-corrected chi connectivity index (χ0v) is 10.7. The lowest BCUT2D eigenvalue weighted by Gasteiger charge is -2.20. The minimum atomic E-state index is 0.696. The lowest BCUT2D eigenvalue weighted by molar-refractivity contribution is 0.304. The molecule has 0 radical (unpaired) electrons. The molecule has 1 rings (SSSR count). The Bertz CT molecular complexity index is 354. The standard InChI is InChI=1S/C13H19ClN2/c1-4-16(8-10(2)3)9-11-5-12(14)7-13(15)6-11/h5-7H,2,4,8-9,15H2,1,3H3. The molecule has 0 saturated heterocycles. The predicted molar refractivity (Wildman–Crippen MR) is 71.6 cm³/mol. The van der Waals surface area contributed by atoms with Crippen molar-refractivity contribution in [1.82, 2.24) is 4.90 Å². The van der Waals surface area contributed by atoms with Crippen molar-refractivity contribution < 1.29 is 0 Å². The molecule has 0 aliphatic heterocycles. The predicted octanol–water partition coefficient (Wildman–Crippen LogP) is 3.32. The number of nitrogen functional groups attached to an aromatic ring is 1. The molecule has 0 aliphatic rings. The summed E-state index contributed by atoms with van der Waals surface area (Å²) in [7, 11) is 0. The maximum absolute atomic E-state index is 5.97. The first-order valence-corrected chi connectivity index (χ1v) is 5.80. The van der Waals surface area contributed by atoms with E-state index in [9.17, 15) is 0 Å². The van der Waals surface area contributed by atoms with Crippen LogP contribution in [0.15, 0.2) is 30.4 Å². The van der Waals surface area contributed by atoms with Crippen molar-refractivity contribution in [3.05, 3.63) is 40.9 Å². The van der Waals surface area contributed by atoms with Crippen molar-refractivity contribution in [2.24, 2.45) is 0 Å². The number of hydrogen-bond acceptors (Lipinski definition) is 2. The normalized spacial score (nSPS) is 10.8. The maximum atomic E-state index is 5.97. The summed E-state index contributed by atoms with van der Waals surface area (Å²) in [6, 6.07) is 5.69. The molecule has 0 amide bonds. The fourth-order valence-electron chi connectivity index (χ4n) is 1.69. The number of hydrogen-bond donors (Lipinski definition) is 1. The highest BCUT2D eigenvalue weighted by Crippen LogP contribution is 2.18. The van der Waals surface area contributed by atoms with E-state index < -0.39 is 0 Å². The highest BCUT2D eigenvalue weighted by atomic mass is 35.5. The third-order valence-electron chi connectivity index (χ3n) is 2.33. The van der Waals surface area contributed by atoms with Crippen LogP contribution < -0.4 is 5.73 Å². The van der Waals surface area contributed by atoms with Crippen LogP contribution in [0.4, 0.5) is 5.69 Å². The number of likely N-dealkylation sites (N-methyl/N-ethyl adjacent to an activating group) is 1. The van der Waals surface area contributed by atoms with Crippen molar-refractivity contribution in [1.29, 1.82) is 0 Å². The van der Waals surface area contributed by atoms with E-state index in [0.717, 1.165) is 30.8 Å². The fraction of sp³-hybridized carbons (Fsp3) is 0.385. The lowest BCUT2D eigenvalue weighted by Crippen LogP contribution is -2.24. The first-order valence-electron chi connectivity index (χ1n) is 5.43. The van der Waals surface area contributed by atoms with Crippen LogP contribution in [-0.4, -0.2) is 18.0 Å². The van der Waals surface area contributed by atoms with Crippen molar-refractivity contribution in [2.45, 2.75) is 20.4 Å². The van der Waals surface area contributed by atoms with E-state index in [1.54, 1.807) is 6.07 Å². The summed E-state index contributed by atoms with van der Waals surface area (Å²) in [6.07, 6.45) is 0. The van der Waals surface area contributed by atoms with Crippen LogP contribution in [0.25, 0.3) is 0 Å². The minimum absolute atomic E-state index is 0.696. The van der Waals surface area contributed by atoms with Gasteiger partial charge in [0.2, 0.25) is 0 Å². The van der Waals surface area contributed by atoms with Crippen LogP contribution in [0.1, 0.15) is 19.4 Å². The van der Waals surface area contributed by atoms with Crippen LogP contribution in [0, 0.1) is 0 Å². The number of nitrogens with zero attached hydrogens (tertiary/aromatic N) is 1. The molecule has 3 heteroatoms. The molecule has 0 heterocycles. The topological polar surface area (TPSA) is 29.3 Å². The van der Waals surface area contributed by atoms with Gasteiger partial charge in [-0.05, 0) is 37.2 Å². The van der Waals surface area contributed by atoms with E-state index in [4.69, 9.17) is 17.3 Å². The summed E-state index contributed by atoms with van der Waals surface area (Å²) in [5.41, 5.74) is 8.78. The Morgan fingerprint density at radius 1 is 1.44 bits per heavy atom. The number of anilines is 1. The molecule has 0 spiro atoms. The summed E-state index contributed by atoms with van der Waals surface area (Å²) in [5.74, 6) is 0. The van der Waals surface area contributed by atoms with E-state index in [2.05, 4.69) is 18.4 Å². The maximum Gasteiger partial charge on any atom is 0.0429 e. The van der Waals surface area contributed by atoms with Gasteiger partial charge in [0.05, 0.1) is 0 Å². The van der Waals surface area contributed by atoms with E-state index in [1.807, 2.05) is 19.1 Å². The molecule has 1 aromatic carbocycles. The van der Waals surface area contributed by atoms with E-state index in [1.165, 1.54) is 0 Å². The quantitative estimate of drug-likeness (QED) is 0.630. The van der Waals surface area contributed by atoms with Crippen molar-refractivity contribution in [3.8, 4) is 0 Å². The zero-order chi connectivity index (χ0) is 12.1. The van der Waals surface area contributed by atoms with Crippen molar-refractivity contribution in [3.63, 3.8) is 0 Å². The molecule has 2 N–H and O–H groups in total. The summed E-state index contributed by atoms with van der Waals surface area (Å²) < 4.78 is 0. The molecule has 1 aromatic rings. The molecule has 88 valence electrons. The number of rotatable bonds is 5. The van der Waals surface area contributed by atoms with E-state index in [-0.39, 0.29) is 0 Å². The monoisotopic (exact) mass is 238 g/mol. The average Bonchev–Trinajstić information content (AvgIpc) is 2.14. The molecule has 0 unspecified atom stereocenters. The summed E-state index contributed by atoms with van der Waals surface area (Å²) in [4.78, 5) is 2.30. The SMILES string of the molecule is C=C(C)CN(CC)Cc1cc(N)cc(Cl)c1. The molecule has 0 fully saturated rings. The Balaban J connectivity index is 2.73. The van der Waals surface area contributed by atoms with Crippen LogP contribution in [0.2, 0.25) is 5.02 Å². The molecule has 0 bridgehead atoms. The second kappa shape index (κ2) is 5.92. The number of nitrogens with two attached hydrogens (primary N) is 1. The lowest BCUT2D eigenvalue weighted by atomic mass is 10.2. The van der Waals surface area contributed by atoms with Gasteiger partial charge in [-0.1, -0.05) is 30.7 Å². The van der Waals surface area contributed by atoms with Crippen LogP contribution in [0.3, 0.4) is 0 Å². The number of benzene rings is 1. The Hall–Kier alpha value is -0.990. The van der Waals surface area contributed by atoms with E-state index in [0.29, 0.717) is 10.7 Å². The molecule has 0 aliphatic carbocycles. The van der Waals surface area contributed by atoms with Gasteiger partial charge in [-0.3, -0.25) is 4.90 Å². The van der Waals surface area contributed by atoms with Crippen LogP contribution in [-0.2, 0) is 6.54 Å². The van der Waals surface area contributed by atoms with Gasteiger partial charge < -0.3 is 5.73 Å². The molecular weight excluding hydrogens is 220 g/mol. The first-order chi connectivity index (χ1) is 7.51. The smallest absolute Gasteiger partial charge is 0.0429 e. The van der Waals surface area contributed by atoms with Crippen molar-refractivity contribution >= 4 is 17.3 Å². The third-order valence-corrected chi connectivity index (χ3v) is 2.55. The van der Waals surface area contributed by atoms with Gasteiger partial charge in [-0.25, -0.2) is 0 Å².